The van der Waals surface area contributed by atoms with E-state index >= 15 is 0 Å². The fourth-order valence-electron chi connectivity index (χ4n) is 3.39. The Labute approximate surface area is 187 Å². The normalized spacial score (nSPS) is 11.1. The fraction of sp³-hybridized carbons (Fsp3) is 0.182. The molecule has 0 spiro atoms. The molecule has 1 amide bonds. The Balaban J connectivity index is 1.30. The second-order valence-electron chi connectivity index (χ2n) is 7.19. The van der Waals surface area contributed by atoms with Crippen molar-refractivity contribution in [1.82, 2.24) is 40.3 Å². The Morgan fingerprint density at radius 3 is 2.82 bits per heavy atom. The summed E-state index contributed by atoms with van der Waals surface area (Å²) in [7, 11) is 0. The summed E-state index contributed by atoms with van der Waals surface area (Å²) in [6.45, 7) is 4.45. The van der Waals surface area contributed by atoms with Gasteiger partial charge in [-0.05, 0) is 56.3 Å². The molecule has 11 nitrogen and oxygen atoms in total. The minimum Gasteiger partial charge on any atom is -0.494 e. The summed E-state index contributed by atoms with van der Waals surface area (Å²) in [6.07, 6.45) is 1.81. The number of pyridine rings is 1. The number of nitrogens with one attached hydrogen (secondary N) is 2. The van der Waals surface area contributed by atoms with Crippen LogP contribution in [0, 0.1) is 6.92 Å². The smallest absolute Gasteiger partial charge is 0.269 e. The molecule has 0 saturated heterocycles. The number of ether oxygens (including phenoxy) is 1. The fourth-order valence-corrected chi connectivity index (χ4v) is 3.39. The second kappa shape index (κ2) is 8.54. The number of carbonyl (C=O) groups excluding carboxylic acids is 1. The van der Waals surface area contributed by atoms with E-state index in [0.717, 1.165) is 11.3 Å². The van der Waals surface area contributed by atoms with Crippen molar-refractivity contribution in [2.45, 2.75) is 20.4 Å². The molecule has 33 heavy (non-hydrogen) atoms. The maximum atomic E-state index is 12.7. The van der Waals surface area contributed by atoms with E-state index in [2.05, 4.69) is 35.9 Å². The van der Waals surface area contributed by atoms with E-state index in [9.17, 15) is 4.79 Å². The molecule has 4 heterocycles. The summed E-state index contributed by atoms with van der Waals surface area (Å²) < 4.78 is 12.5. The van der Waals surface area contributed by atoms with Crippen LogP contribution in [0.2, 0.25) is 0 Å². The van der Waals surface area contributed by atoms with Crippen molar-refractivity contribution >= 4 is 11.6 Å². The van der Waals surface area contributed by atoms with Gasteiger partial charge in [0.25, 0.3) is 11.8 Å². The van der Waals surface area contributed by atoms with Crippen LogP contribution in [0.25, 0.3) is 28.4 Å². The number of hydrogen-bond acceptors (Lipinski definition) is 8. The highest BCUT2D eigenvalue weighted by atomic mass is 16.5. The number of benzene rings is 1. The molecule has 5 aromatic rings. The van der Waals surface area contributed by atoms with E-state index in [-0.39, 0.29) is 12.5 Å². The van der Waals surface area contributed by atoms with Gasteiger partial charge in [-0.1, -0.05) is 5.16 Å². The van der Waals surface area contributed by atoms with Gasteiger partial charge in [-0.2, -0.15) is 10.1 Å². The van der Waals surface area contributed by atoms with Crippen molar-refractivity contribution in [1.29, 1.82) is 0 Å². The number of aromatic nitrogens is 7. The highest BCUT2D eigenvalue weighted by Gasteiger charge is 2.17. The Kier molecular flexibility index (Phi) is 5.27. The van der Waals surface area contributed by atoms with E-state index < -0.39 is 0 Å². The molecule has 0 bridgehead atoms. The van der Waals surface area contributed by atoms with E-state index in [0.29, 0.717) is 46.7 Å². The number of rotatable bonds is 7. The summed E-state index contributed by atoms with van der Waals surface area (Å²) in [6, 6.07) is 12.9. The topological polar surface area (TPSA) is 136 Å². The molecular weight excluding hydrogens is 424 g/mol. The third-order valence-electron chi connectivity index (χ3n) is 4.95. The molecule has 1 aromatic carbocycles. The van der Waals surface area contributed by atoms with Crippen molar-refractivity contribution in [3.8, 4) is 28.5 Å². The number of fused-ring (bicyclic) bond motifs is 1. The Hall–Kier alpha value is -4.54. The van der Waals surface area contributed by atoms with E-state index in [4.69, 9.17) is 9.26 Å². The third kappa shape index (κ3) is 4.03. The lowest BCUT2D eigenvalue weighted by atomic mass is 10.1. The number of nitrogens with zero attached hydrogens (tertiary/aromatic N) is 6. The molecule has 0 unspecified atom stereocenters. The van der Waals surface area contributed by atoms with Crippen LogP contribution < -0.4 is 10.1 Å². The summed E-state index contributed by atoms with van der Waals surface area (Å²) >= 11 is 0. The molecule has 0 atom stereocenters. The van der Waals surface area contributed by atoms with Gasteiger partial charge in [0.15, 0.2) is 17.3 Å². The minimum absolute atomic E-state index is 0.170. The lowest BCUT2D eigenvalue weighted by Gasteiger charge is -2.03. The van der Waals surface area contributed by atoms with Crippen molar-refractivity contribution in [2.24, 2.45) is 0 Å². The molecule has 0 radical (unpaired) electrons. The first-order valence-corrected chi connectivity index (χ1v) is 10.3. The van der Waals surface area contributed by atoms with Gasteiger partial charge >= 0.3 is 0 Å². The van der Waals surface area contributed by atoms with Gasteiger partial charge in [0.05, 0.1) is 24.4 Å². The first-order chi connectivity index (χ1) is 16.1. The molecule has 0 aliphatic carbocycles. The molecule has 0 aliphatic rings. The largest absolute Gasteiger partial charge is 0.494 e. The van der Waals surface area contributed by atoms with Gasteiger partial charge in [0, 0.05) is 11.8 Å². The molecule has 0 fully saturated rings. The maximum absolute atomic E-state index is 12.7. The highest BCUT2D eigenvalue weighted by molar-refractivity contribution is 5.93. The number of aryl methyl sites for hydroxylation is 1. The minimum atomic E-state index is -0.305. The van der Waals surface area contributed by atoms with Gasteiger partial charge in [-0.25, -0.2) is 0 Å². The quantitative estimate of drug-likeness (QED) is 0.391. The number of H-pyrrole nitrogens is 1. The second-order valence-corrected chi connectivity index (χ2v) is 7.19. The first-order valence-electron chi connectivity index (χ1n) is 10.3. The molecule has 11 heteroatoms. The monoisotopic (exact) mass is 444 g/mol. The van der Waals surface area contributed by atoms with Gasteiger partial charge in [0.1, 0.15) is 11.4 Å². The van der Waals surface area contributed by atoms with Crippen LogP contribution in [0.15, 0.2) is 53.2 Å². The van der Waals surface area contributed by atoms with Gasteiger partial charge in [-0.3, -0.25) is 14.3 Å². The average Bonchev–Trinajstić information content (AvgIpc) is 3.58. The van der Waals surface area contributed by atoms with Crippen LogP contribution in [0.1, 0.15) is 29.1 Å². The Bertz CT molecular complexity index is 1420. The molecule has 5 rings (SSSR count). The van der Waals surface area contributed by atoms with Crippen LogP contribution in [-0.4, -0.2) is 47.5 Å². The van der Waals surface area contributed by atoms with Crippen LogP contribution in [-0.2, 0) is 6.54 Å². The molecule has 0 aliphatic heterocycles. The number of hydrogen-bond donors (Lipinski definition) is 2. The summed E-state index contributed by atoms with van der Waals surface area (Å²) in [4.78, 5) is 16.9. The number of carbonyl (C=O) groups is 1. The SMILES string of the molecule is CCOc1ccc(-c2cc(C(=O)NCc3nnc4c(-c5nc(C)no5)cccn34)[nH]n2)cc1. The molecule has 2 N–H and O–H groups in total. The summed E-state index contributed by atoms with van der Waals surface area (Å²) in [5.41, 5.74) is 3.10. The van der Waals surface area contributed by atoms with E-state index in [1.165, 1.54) is 0 Å². The van der Waals surface area contributed by atoms with Crippen LogP contribution in [0.4, 0.5) is 0 Å². The zero-order chi connectivity index (χ0) is 22.8. The lowest BCUT2D eigenvalue weighted by molar-refractivity contribution is 0.0944. The first kappa shape index (κ1) is 20.4. The number of aromatic amines is 1. The van der Waals surface area contributed by atoms with Crippen molar-refractivity contribution in [3.05, 3.63) is 66.0 Å². The van der Waals surface area contributed by atoms with Crippen LogP contribution in [0.5, 0.6) is 5.75 Å². The average molecular weight is 444 g/mol. The predicted molar refractivity (Wildman–Crippen MR) is 117 cm³/mol. The number of amides is 1. The molecule has 4 aromatic heterocycles. The third-order valence-corrected chi connectivity index (χ3v) is 4.95. The Morgan fingerprint density at radius 1 is 1.21 bits per heavy atom. The zero-order valence-electron chi connectivity index (χ0n) is 17.9. The van der Waals surface area contributed by atoms with Crippen molar-refractivity contribution in [3.63, 3.8) is 0 Å². The standard InChI is InChI=1S/C22H20N8O3/c1-3-32-15-8-6-14(7-9-15)17-11-18(26-25-17)21(31)23-12-19-27-28-20-16(5-4-10-30(19)20)22-24-13(2)29-33-22/h4-11H,3,12H2,1-2H3,(H,23,31)(H,25,26). The zero-order valence-corrected chi connectivity index (χ0v) is 17.9. The molecule has 166 valence electrons. The Morgan fingerprint density at radius 2 is 2.06 bits per heavy atom. The summed E-state index contributed by atoms with van der Waals surface area (Å²) in [5.74, 6) is 1.93. The molecule has 0 saturated carbocycles. The van der Waals surface area contributed by atoms with Gasteiger partial charge in [-0.15, -0.1) is 10.2 Å². The highest BCUT2D eigenvalue weighted by Crippen LogP contribution is 2.23. The summed E-state index contributed by atoms with van der Waals surface area (Å²) in [5, 5.41) is 22.1. The van der Waals surface area contributed by atoms with Gasteiger partial charge < -0.3 is 14.6 Å². The van der Waals surface area contributed by atoms with Crippen molar-refractivity contribution < 1.29 is 14.1 Å². The van der Waals surface area contributed by atoms with E-state index in [1.807, 2.05) is 49.5 Å². The van der Waals surface area contributed by atoms with Gasteiger partial charge in [0.2, 0.25) is 0 Å². The lowest BCUT2D eigenvalue weighted by Crippen LogP contribution is -2.24. The maximum Gasteiger partial charge on any atom is 0.269 e. The predicted octanol–water partition coefficient (Wildman–Crippen LogP) is 2.81. The molecular formula is C22H20N8O3. The van der Waals surface area contributed by atoms with E-state index in [1.54, 1.807) is 17.4 Å². The van der Waals surface area contributed by atoms with Crippen LogP contribution in [0.3, 0.4) is 0 Å². The van der Waals surface area contributed by atoms with Crippen molar-refractivity contribution in [2.75, 3.05) is 6.61 Å². The van der Waals surface area contributed by atoms with Crippen LogP contribution >= 0.6 is 0 Å².